The second-order valence-electron chi connectivity index (χ2n) is 7.81. The summed E-state index contributed by atoms with van der Waals surface area (Å²) in [6, 6.07) is 1.39. The standard InChI is InChI=1S/C16H28N2O/c1-11-9-16(2,3)18(10-11)15(19)8-12-6-13-4-5-14(7-12)17-13/h11-14,17H,4-10H2,1-3H3. The number of nitrogens with one attached hydrogen (secondary N) is 1. The Bertz CT molecular complexity index is 354. The maximum absolute atomic E-state index is 12.6. The van der Waals surface area contributed by atoms with Crippen molar-refractivity contribution in [1.29, 1.82) is 0 Å². The molecule has 3 saturated heterocycles. The van der Waals surface area contributed by atoms with Gasteiger partial charge in [0.2, 0.25) is 5.91 Å². The first-order valence-electron chi connectivity index (χ1n) is 8.00. The third kappa shape index (κ3) is 2.67. The van der Waals surface area contributed by atoms with Gasteiger partial charge < -0.3 is 10.2 Å². The minimum Gasteiger partial charge on any atom is -0.337 e. The van der Waals surface area contributed by atoms with E-state index in [0.29, 0.717) is 29.8 Å². The molecule has 108 valence electrons. The molecular weight excluding hydrogens is 236 g/mol. The maximum Gasteiger partial charge on any atom is 0.223 e. The molecule has 2 bridgehead atoms. The fraction of sp³-hybridized carbons (Fsp3) is 0.938. The second kappa shape index (κ2) is 4.76. The third-order valence-corrected chi connectivity index (χ3v) is 5.41. The minimum absolute atomic E-state index is 0.0718. The number of hydrogen-bond acceptors (Lipinski definition) is 2. The summed E-state index contributed by atoms with van der Waals surface area (Å²) in [5.74, 6) is 1.68. The number of rotatable bonds is 2. The quantitative estimate of drug-likeness (QED) is 0.831. The van der Waals surface area contributed by atoms with E-state index in [1.165, 1.54) is 25.7 Å². The topological polar surface area (TPSA) is 32.3 Å². The molecule has 3 rings (SSSR count). The van der Waals surface area contributed by atoms with Gasteiger partial charge in [-0.25, -0.2) is 0 Å². The zero-order chi connectivity index (χ0) is 13.6. The van der Waals surface area contributed by atoms with Gasteiger partial charge >= 0.3 is 0 Å². The van der Waals surface area contributed by atoms with Gasteiger partial charge in [-0.3, -0.25) is 4.79 Å². The van der Waals surface area contributed by atoms with E-state index in [0.717, 1.165) is 19.4 Å². The fourth-order valence-electron chi connectivity index (χ4n) is 4.72. The molecule has 0 spiro atoms. The number of amides is 1. The van der Waals surface area contributed by atoms with Crippen LogP contribution in [0.25, 0.3) is 0 Å². The van der Waals surface area contributed by atoms with Gasteiger partial charge in [0.1, 0.15) is 0 Å². The largest absolute Gasteiger partial charge is 0.337 e. The van der Waals surface area contributed by atoms with Crippen LogP contribution in [0.3, 0.4) is 0 Å². The van der Waals surface area contributed by atoms with Crippen molar-refractivity contribution in [3.05, 3.63) is 0 Å². The summed E-state index contributed by atoms with van der Waals surface area (Å²) in [4.78, 5) is 14.8. The summed E-state index contributed by atoms with van der Waals surface area (Å²) in [7, 11) is 0. The molecule has 3 unspecified atom stereocenters. The zero-order valence-corrected chi connectivity index (χ0v) is 12.6. The van der Waals surface area contributed by atoms with E-state index in [9.17, 15) is 4.79 Å². The highest BCUT2D eigenvalue weighted by Gasteiger charge is 2.41. The molecule has 1 amide bonds. The number of carbonyl (C=O) groups excluding carboxylic acids is 1. The molecule has 3 atom stereocenters. The molecule has 0 aromatic carbocycles. The minimum atomic E-state index is 0.0718. The molecular formula is C16H28N2O. The third-order valence-electron chi connectivity index (χ3n) is 5.41. The van der Waals surface area contributed by atoms with Crippen LogP contribution in [0.1, 0.15) is 59.3 Å². The van der Waals surface area contributed by atoms with Crippen molar-refractivity contribution in [2.75, 3.05) is 6.54 Å². The van der Waals surface area contributed by atoms with Gasteiger partial charge in [0.25, 0.3) is 0 Å². The lowest BCUT2D eigenvalue weighted by atomic mass is 9.89. The van der Waals surface area contributed by atoms with E-state index < -0.39 is 0 Å². The van der Waals surface area contributed by atoms with Gasteiger partial charge in [-0.1, -0.05) is 6.92 Å². The van der Waals surface area contributed by atoms with Gasteiger partial charge in [-0.2, -0.15) is 0 Å². The molecule has 0 aliphatic carbocycles. The molecule has 0 radical (unpaired) electrons. The number of nitrogens with zero attached hydrogens (tertiary/aromatic N) is 1. The van der Waals surface area contributed by atoms with E-state index in [4.69, 9.17) is 0 Å². The highest BCUT2D eigenvalue weighted by molar-refractivity contribution is 5.77. The highest BCUT2D eigenvalue weighted by atomic mass is 16.2. The molecule has 3 nitrogen and oxygen atoms in total. The second-order valence-corrected chi connectivity index (χ2v) is 7.81. The summed E-state index contributed by atoms with van der Waals surface area (Å²) in [6.45, 7) is 7.67. The van der Waals surface area contributed by atoms with E-state index in [1.54, 1.807) is 0 Å². The predicted octanol–water partition coefficient (Wildman–Crippen LogP) is 2.55. The van der Waals surface area contributed by atoms with Crippen LogP contribution in [0, 0.1) is 11.8 Å². The molecule has 0 saturated carbocycles. The Balaban J connectivity index is 1.59. The Hall–Kier alpha value is -0.570. The number of hydrogen-bond donors (Lipinski definition) is 1. The van der Waals surface area contributed by atoms with Crippen LogP contribution in [-0.4, -0.2) is 35.0 Å². The molecule has 3 aliphatic heterocycles. The van der Waals surface area contributed by atoms with Gasteiger partial charge in [0, 0.05) is 30.6 Å². The van der Waals surface area contributed by atoms with E-state index in [1.807, 2.05) is 0 Å². The average Bonchev–Trinajstić information content (AvgIpc) is 2.78. The molecule has 3 aliphatic rings. The summed E-state index contributed by atoms with van der Waals surface area (Å²) in [5, 5.41) is 3.66. The van der Waals surface area contributed by atoms with Crippen LogP contribution >= 0.6 is 0 Å². The van der Waals surface area contributed by atoms with Gasteiger partial charge in [-0.15, -0.1) is 0 Å². The number of carbonyl (C=O) groups is 1. The van der Waals surface area contributed by atoms with E-state index >= 15 is 0 Å². The number of likely N-dealkylation sites (tertiary alicyclic amines) is 1. The van der Waals surface area contributed by atoms with Crippen molar-refractivity contribution in [3.63, 3.8) is 0 Å². The van der Waals surface area contributed by atoms with Crippen LogP contribution in [-0.2, 0) is 4.79 Å². The van der Waals surface area contributed by atoms with Gasteiger partial charge in [-0.05, 0) is 57.8 Å². The van der Waals surface area contributed by atoms with Gasteiger partial charge in [0.05, 0.1) is 0 Å². The van der Waals surface area contributed by atoms with Crippen molar-refractivity contribution < 1.29 is 4.79 Å². The summed E-state index contributed by atoms with van der Waals surface area (Å²) in [5.41, 5.74) is 0.0718. The lowest BCUT2D eigenvalue weighted by Gasteiger charge is -2.34. The van der Waals surface area contributed by atoms with Crippen molar-refractivity contribution in [2.45, 2.75) is 76.9 Å². The van der Waals surface area contributed by atoms with Crippen molar-refractivity contribution in [2.24, 2.45) is 11.8 Å². The van der Waals surface area contributed by atoms with E-state index in [-0.39, 0.29) is 5.54 Å². The maximum atomic E-state index is 12.6. The Kier molecular flexibility index (Phi) is 3.36. The molecule has 3 fully saturated rings. The summed E-state index contributed by atoms with van der Waals surface area (Å²) in [6.07, 6.45) is 7.00. The van der Waals surface area contributed by atoms with Crippen LogP contribution in [0.4, 0.5) is 0 Å². The Morgan fingerprint density at radius 1 is 1.26 bits per heavy atom. The van der Waals surface area contributed by atoms with Crippen molar-refractivity contribution in [3.8, 4) is 0 Å². The van der Waals surface area contributed by atoms with Crippen LogP contribution in [0.2, 0.25) is 0 Å². The Morgan fingerprint density at radius 2 is 1.89 bits per heavy atom. The molecule has 3 heteroatoms. The average molecular weight is 264 g/mol. The molecule has 0 aromatic heterocycles. The van der Waals surface area contributed by atoms with E-state index in [2.05, 4.69) is 31.0 Å². The first-order valence-corrected chi connectivity index (χ1v) is 8.00. The first-order chi connectivity index (χ1) is 8.94. The van der Waals surface area contributed by atoms with Crippen molar-refractivity contribution in [1.82, 2.24) is 10.2 Å². The van der Waals surface area contributed by atoms with Crippen LogP contribution in [0.15, 0.2) is 0 Å². The Labute approximate surface area is 117 Å². The normalized spacial score (nSPS) is 40.7. The summed E-state index contributed by atoms with van der Waals surface area (Å²) < 4.78 is 0. The van der Waals surface area contributed by atoms with Crippen molar-refractivity contribution >= 4 is 5.91 Å². The lowest BCUT2D eigenvalue weighted by molar-refractivity contribution is -0.135. The molecule has 3 heterocycles. The lowest BCUT2D eigenvalue weighted by Crippen LogP contribution is -2.45. The fourth-order valence-corrected chi connectivity index (χ4v) is 4.72. The number of fused-ring (bicyclic) bond motifs is 2. The molecule has 0 aromatic rings. The smallest absolute Gasteiger partial charge is 0.223 e. The summed E-state index contributed by atoms with van der Waals surface area (Å²) >= 11 is 0. The molecule has 1 N–H and O–H groups in total. The Morgan fingerprint density at radius 3 is 2.42 bits per heavy atom. The highest BCUT2D eigenvalue weighted by Crippen LogP contribution is 2.36. The van der Waals surface area contributed by atoms with Crippen LogP contribution in [0.5, 0.6) is 0 Å². The monoisotopic (exact) mass is 264 g/mol. The van der Waals surface area contributed by atoms with Gasteiger partial charge in [0.15, 0.2) is 0 Å². The predicted molar refractivity (Wildman–Crippen MR) is 76.9 cm³/mol. The molecule has 19 heavy (non-hydrogen) atoms. The first kappa shape index (κ1) is 13.4. The SMILES string of the molecule is CC1CN(C(=O)CC2CC3CCC(C2)N3)C(C)(C)C1. The zero-order valence-electron chi connectivity index (χ0n) is 12.6. The number of piperidine rings is 1. The van der Waals surface area contributed by atoms with Crippen LogP contribution < -0.4 is 5.32 Å².